The van der Waals surface area contributed by atoms with Gasteiger partial charge in [0.25, 0.3) is 0 Å². The first-order valence-corrected chi connectivity index (χ1v) is 6.89. The fourth-order valence-electron chi connectivity index (χ4n) is 2.13. The summed E-state index contributed by atoms with van der Waals surface area (Å²) < 4.78 is 12.9. The molecule has 1 aliphatic rings. The van der Waals surface area contributed by atoms with Gasteiger partial charge in [0.15, 0.2) is 0 Å². The van der Waals surface area contributed by atoms with Crippen LogP contribution in [0.3, 0.4) is 0 Å². The van der Waals surface area contributed by atoms with E-state index in [1.165, 1.54) is 18.6 Å². The molecule has 1 aliphatic carbocycles. The first-order valence-electron chi connectivity index (χ1n) is 6.14. The number of rotatable bonds is 2. The zero-order valence-corrected chi connectivity index (χ0v) is 11.5. The molecule has 0 atom stereocenters. The van der Waals surface area contributed by atoms with Crippen LogP contribution < -0.4 is 0 Å². The van der Waals surface area contributed by atoms with Gasteiger partial charge >= 0.3 is 0 Å². The van der Waals surface area contributed by atoms with Crippen LogP contribution in [0.15, 0.2) is 24.3 Å². The molecule has 0 unspecified atom stereocenters. The Morgan fingerprint density at radius 3 is 2.05 bits per heavy atom. The maximum Gasteiger partial charge on any atom is 0.142 e. The lowest BCUT2D eigenvalue weighted by Crippen LogP contribution is -2.13. The number of hydrogen-bond acceptors (Lipinski definition) is 2. The van der Waals surface area contributed by atoms with Crippen molar-refractivity contribution >= 4 is 23.2 Å². The van der Waals surface area contributed by atoms with Crippen LogP contribution in [0.4, 0.5) is 4.39 Å². The zero-order chi connectivity index (χ0) is 13.4. The van der Waals surface area contributed by atoms with Gasteiger partial charge < -0.3 is 0 Å². The van der Waals surface area contributed by atoms with Crippen LogP contribution in [0.25, 0.3) is 11.1 Å². The molecule has 98 valence electrons. The van der Waals surface area contributed by atoms with Crippen molar-refractivity contribution in [2.24, 2.45) is 0 Å². The molecule has 0 saturated heterocycles. The van der Waals surface area contributed by atoms with Crippen molar-refractivity contribution in [1.29, 1.82) is 0 Å². The molecule has 2 nitrogen and oxygen atoms in total. The van der Waals surface area contributed by atoms with Crippen molar-refractivity contribution in [1.82, 2.24) is 9.97 Å². The second-order valence-corrected chi connectivity index (χ2v) is 5.39. The second-order valence-electron chi connectivity index (χ2n) is 4.67. The SMILES string of the molecule is Fc1ccc(-c2c(Cl)nc(C3CCC3)nc2Cl)cc1. The topological polar surface area (TPSA) is 25.8 Å². The lowest BCUT2D eigenvalue weighted by atomic mass is 9.85. The third kappa shape index (κ3) is 2.45. The summed E-state index contributed by atoms with van der Waals surface area (Å²) in [5, 5.41) is 0.655. The molecule has 0 spiro atoms. The van der Waals surface area contributed by atoms with Gasteiger partial charge in [0.1, 0.15) is 21.9 Å². The summed E-state index contributed by atoms with van der Waals surface area (Å²) in [6.07, 6.45) is 3.37. The standard InChI is InChI=1S/C14H11Cl2FN2/c15-12-11(8-4-6-10(17)7-5-8)13(16)19-14(18-12)9-2-1-3-9/h4-7,9H,1-3H2. The lowest BCUT2D eigenvalue weighted by Gasteiger charge is -2.24. The number of aromatic nitrogens is 2. The zero-order valence-electron chi connectivity index (χ0n) is 10.0. The smallest absolute Gasteiger partial charge is 0.142 e. The van der Waals surface area contributed by atoms with Gasteiger partial charge in [0.2, 0.25) is 0 Å². The molecule has 1 aromatic carbocycles. The van der Waals surface area contributed by atoms with E-state index in [1.807, 2.05) is 0 Å². The Bertz CT molecular complexity index is 586. The quantitative estimate of drug-likeness (QED) is 0.740. The van der Waals surface area contributed by atoms with E-state index in [4.69, 9.17) is 23.2 Å². The number of nitrogens with zero attached hydrogens (tertiary/aromatic N) is 2. The molecule has 1 fully saturated rings. The van der Waals surface area contributed by atoms with Crippen LogP contribution in [0.5, 0.6) is 0 Å². The van der Waals surface area contributed by atoms with Crippen LogP contribution in [0.1, 0.15) is 31.0 Å². The fraction of sp³-hybridized carbons (Fsp3) is 0.286. The minimum Gasteiger partial charge on any atom is -0.220 e. The monoisotopic (exact) mass is 296 g/mol. The molecule has 0 N–H and O–H groups in total. The molecule has 1 saturated carbocycles. The Morgan fingerprint density at radius 1 is 1.00 bits per heavy atom. The van der Waals surface area contributed by atoms with E-state index in [2.05, 4.69) is 9.97 Å². The summed E-state index contributed by atoms with van der Waals surface area (Å²) in [7, 11) is 0. The fourth-order valence-corrected chi connectivity index (χ4v) is 2.75. The van der Waals surface area contributed by atoms with E-state index >= 15 is 0 Å². The van der Waals surface area contributed by atoms with Crippen molar-refractivity contribution in [2.45, 2.75) is 25.2 Å². The minimum atomic E-state index is -0.303. The molecule has 3 rings (SSSR count). The van der Waals surface area contributed by atoms with Crippen molar-refractivity contribution in [3.05, 3.63) is 46.2 Å². The van der Waals surface area contributed by atoms with Crippen LogP contribution in [0.2, 0.25) is 10.3 Å². The average Bonchev–Trinajstić information content (AvgIpc) is 2.28. The molecule has 0 aliphatic heterocycles. The summed E-state index contributed by atoms with van der Waals surface area (Å²) in [5.41, 5.74) is 1.28. The summed E-state index contributed by atoms with van der Waals surface area (Å²) in [6, 6.07) is 5.97. The first kappa shape index (κ1) is 12.8. The van der Waals surface area contributed by atoms with E-state index in [1.54, 1.807) is 12.1 Å². The Morgan fingerprint density at radius 2 is 1.58 bits per heavy atom. The Kier molecular flexibility index (Phi) is 3.42. The maximum absolute atomic E-state index is 12.9. The number of benzene rings is 1. The highest BCUT2D eigenvalue weighted by molar-refractivity contribution is 6.37. The van der Waals surface area contributed by atoms with E-state index in [9.17, 15) is 4.39 Å². The third-order valence-electron chi connectivity index (χ3n) is 3.44. The molecule has 1 aromatic heterocycles. The highest BCUT2D eigenvalue weighted by Crippen LogP contribution is 2.38. The highest BCUT2D eigenvalue weighted by Gasteiger charge is 2.24. The van der Waals surface area contributed by atoms with Crippen molar-refractivity contribution in [3.8, 4) is 11.1 Å². The van der Waals surface area contributed by atoms with Gasteiger partial charge in [0, 0.05) is 5.92 Å². The predicted molar refractivity (Wildman–Crippen MR) is 74.0 cm³/mol. The molecule has 2 aromatic rings. The van der Waals surface area contributed by atoms with E-state index < -0.39 is 0 Å². The molecule has 0 radical (unpaired) electrons. The highest BCUT2D eigenvalue weighted by atomic mass is 35.5. The van der Waals surface area contributed by atoms with Crippen molar-refractivity contribution < 1.29 is 4.39 Å². The van der Waals surface area contributed by atoms with Crippen molar-refractivity contribution in [3.63, 3.8) is 0 Å². The summed E-state index contributed by atoms with van der Waals surface area (Å²) >= 11 is 12.4. The van der Waals surface area contributed by atoms with Crippen LogP contribution in [-0.2, 0) is 0 Å². The van der Waals surface area contributed by atoms with Gasteiger partial charge in [-0.25, -0.2) is 14.4 Å². The molecule has 0 bridgehead atoms. The predicted octanol–water partition coefficient (Wildman–Crippen LogP) is 4.86. The third-order valence-corrected chi connectivity index (χ3v) is 3.99. The Balaban J connectivity index is 2.04. The molecule has 0 amide bonds. The summed E-state index contributed by atoms with van der Waals surface area (Å²) in [5.74, 6) is 0.785. The van der Waals surface area contributed by atoms with Crippen molar-refractivity contribution in [2.75, 3.05) is 0 Å². The molecular weight excluding hydrogens is 286 g/mol. The largest absolute Gasteiger partial charge is 0.220 e. The van der Waals surface area contributed by atoms with Gasteiger partial charge in [-0.1, -0.05) is 41.8 Å². The first-order chi connectivity index (χ1) is 9.15. The van der Waals surface area contributed by atoms with E-state index in [0.29, 0.717) is 27.6 Å². The van der Waals surface area contributed by atoms with Crippen LogP contribution in [-0.4, -0.2) is 9.97 Å². The Labute approximate surface area is 120 Å². The summed E-state index contributed by atoms with van der Waals surface area (Å²) in [6.45, 7) is 0. The van der Waals surface area contributed by atoms with Gasteiger partial charge in [-0.2, -0.15) is 0 Å². The number of hydrogen-bond donors (Lipinski definition) is 0. The summed E-state index contributed by atoms with van der Waals surface area (Å²) in [4.78, 5) is 8.66. The van der Waals surface area contributed by atoms with E-state index in [0.717, 1.165) is 18.4 Å². The van der Waals surface area contributed by atoms with Gasteiger partial charge in [-0.15, -0.1) is 0 Å². The average molecular weight is 297 g/mol. The minimum absolute atomic E-state index is 0.303. The van der Waals surface area contributed by atoms with Crippen LogP contribution in [0, 0.1) is 5.82 Å². The molecule has 19 heavy (non-hydrogen) atoms. The van der Waals surface area contributed by atoms with Gasteiger partial charge in [-0.3, -0.25) is 0 Å². The van der Waals surface area contributed by atoms with Crippen LogP contribution >= 0.6 is 23.2 Å². The lowest BCUT2D eigenvalue weighted by molar-refractivity contribution is 0.401. The Hall–Kier alpha value is -1.19. The second kappa shape index (κ2) is 5.06. The maximum atomic E-state index is 12.9. The van der Waals surface area contributed by atoms with Gasteiger partial charge in [0.05, 0.1) is 5.56 Å². The van der Waals surface area contributed by atoms with E-state index in [-0.39, 0.29) is 5.82 Å². The number of halogens is 3. The molecular formula is C14H11Cl2FN2. The van der Waals surface area contributed by atoms with Gasteiger partial charge in [-0.05, 0) is 30.5 Å². The molecule has 5 heteroatoms. The molecule has 1 heterocycles. The normalized spacial score (nSPS) is 15.3.